The fraction of sp³-hybridized carbons (Fsp3) is 0.333. The van der Waals surface area contributed by atoms with E-state index in [0.717, 1.165) is 0 Å². The predicted octanol–water partition coefficient (Wildman–Crippen LogP) is 3.31. The van der Waals surface area contributed by atoms with Gasteiger partial charge in [-0.05, 0) is 0 Å². The molecule has 0 atom stereocenters. The number of carboxylic acid groups (broad SMARTS) is 1. The van der Waals surface area contributed by atoms with Gasteiger partial charge in [0.2, 0.25) is 5.88 Å². The molecule has 11 heteroatoms. The Bertz CT molecular complexity index is 501. The molecule has 0 bridgehead atoms. The molecule has 0 aromatic carbocycles. The summed E-state index contributed by atoms with van der Waals surface area (Å²) in [5, 5.41) is 8.17. The highest BCUT2D eigenvalue weighted by atomic mass is 35.5. The summed E-state index contributed by atoms with van der Waals surface area (Å²) in [6.07, 6.45) is -15.0. The minimum Gasteiger partial charge on any atom is -0.478 e. The quantitative estimate of drug-likeness (QED) is 0.867. The number of rotatable bonds is 3. The first-order valence-corrected chi connectivity index (χ1v) is 4.99. The van der Waals surface area contributed by atoms with Crippen molar-refractivity contribution in [2.24, 2.45) is 0 Å². The van der Waals surface area contributed by atoms with Crippen molar-refractivity contribution >= 4 is 17.6 Å². The molecule has 1 aromatic rings. The molecule has 0 aliphatic heterocycles. The first-order chi connectivity index (χ1) is 8.93. The van der Waals surface area contributed by atoms with Crippen LogP contribution in [0.25, 0.3) is 0 Å². The molecule has 0 aliphatic carbocycles. The number of pyridine rings is 1. The molecule has 0 amide bonds. The van der Waals surface area contributed by atoms with E-state index in [1.54, 1.807) is 0 Å². The van der Waals surface area contributed by atoms with Crippen LogP contribution in [0.2, 0.25) is 5.02 Å². The van der Waals surface area contributed by atoms with Gasteiger partial charge in [-0.1, -0.05) is 11.6 Å². The molecule has 0 radical (unpaired) electrons. The molecule has 1 rings (SSSR count). The second-order valence-corrected chi connectivity index (χ2v) is 3.80. The van der Waals surface area contributed by atoms with Gasteiger partial charge in [0.05, 0.1) is 16.8 Å². The van der Waals surface area contributed by atoms with E-state index in [1.807, 2.05) is 0 Å². The lowest BCUT2D eigenvalue weighted by atomic mass is 10.2. The van der Waals surface area contributed by atoms with Gasteiger partial charge in [-0.2, -0.15) is 26.3 Å². The zero-order chi connectivity index (χ0) is 15.7. The molecule has 0 fully saturated rings. The Labute approximate surface area is 111 Å². The Morgan fingerprint density at radius 2 is 1.75 bits per heavy atom. The third-order valence-corrected chi connectivity index (χ3v) is 2.20. The summed E-state index contributed by atoms with van der Waals surface area (Å²) in [6, 6.07) is 0.370. The lowest BCUT2D eigenvalue weighted by Gasteiger charge is -2.23. The molecule has 0 unspecified atom stereocenters. The molecule has 4 nitrogen and oxygen atoms in total. The fourth-order valence-electron chi connectivity index (χ4n) is 1.09. The van der Waals surface area contributed by atoms with Crippen LogP contribution in [-0.2, 0) is 0 Å². The van der Waals surface area contributed by atoms with Crippen LogP contribution >= 0.6 is 11.6 Å². The number of halogens is 7. The fourth-order valence-corrected chi connectivity index (χ4v) is 1.27. The molecule has 1 heterocycles. The summed E-state index contributed by atoms with van der Waals surface area (Å²) < 4.78 is 77.1. The summed E-state index contributed by atoms with van der Waals surface area (Å²) in [5.74, 6) is -2.82. The van der Waals surface area contributed by atoms with Crippen molar-refractivity contribution in [2.75, 3.05) is 0 Å². The number of hydrogen-bond acceptors (Lipinski definition) is 3. The summed E-state index contributed by atoms with van der Waals surface area (Å²) in [5.41, 5.74) is -0.736. The zero-order valence-corrected chi connectivity index (χ0v) is 9.84. The molecule has 1 N–H and O–H groups in total. The van der Waals surface area contributed by atoms with Gasteiger partial charge in [0, 0.05) is 6.07 Å². The van der Waals surface area contributed by atoms with Crippen LogP contribution in [0.4, 0.5) is 26.3 Å². The van der Waals surface area contributed by atoms with E-state index < -0.39 is 40.9 Å². The molecular formula is C9H4ClF6NO3. The molecule has 112 valence electrons. The smallest absolute Gasteiger partial charge is 0.434 e. The van der Waals surface area contributed by atoms with E-state index in [1.165, 1.54) is 0 Å². The van der Waals surface area contributed by atoms with Gasteiger partial charge in [-0.25, -0.2) is 9.78 Å². The lowest BCUT2D eigenvalue weighted by Crippen LogP contribution is -2.46. The topological polar surface area (TPSA) is 59.4 Å². The highest BCUT2D eigenvalue weighted by molar-refractivity contribution is 6.33. The summed E-state index contributed by atoms with van der Waals surface area (Å²) in [6.45, 7) is 0. The predicted molar refractivity (Wildman–Crippen MR) is 52.7 cm³/mol. The minimum atomic E-state index is -5.73. The third kappa shape index (κ3) is 3.89. The van der Waals surface area contributed by atoms with Crippen LogP contribution in [0.1, 0.15) is 10.4 Å². The number of nitrogens with zero attached hydrogens (tertiary/aromatic N) is 1. The first kappa shape index (κ1) is 16.3. The van der Waals surface area contributed by atoms with E-state index in [4.69, 9.17) is 16.7 Å². The van der Waals surface area contributed by atoms with Crippen molar-refractivity contribution in [1.29, 1.82) is 0 Å². The SMILES string of the molecule is O=C(O)c1cc(OC(C(F)(F)F)C(F)(F)F)ncc1Cl. The van der Waals surface area contributed by atoms with Gasteiger partial charge in [-0.3, -0.25) is 0 Å². The highest BCUT2D eigenvalue weighted by Gasteiger charge is 2.59. The van der Waals surface area contributed by atoms with Crippen molar-refractivity contribution in [1.82, 2.24) is 4.98 Å². The second-order valence-electron chi connectivity index (χ2n) is 3.39. The van der Waals surface area contributed by atoms with Crippen LogP contribution in [-0.4, -0.2) is 34.5 Å². The van der Waals surface area contributed by atoms with Gasteiger partial charge >= 0.3 is 18.3 Å². The number of hydrogen-bond donors (Lipinski definition) is 1. The van der Waals surface area contributed by atoms with Crippen molar-refractivity contribution < 1.29 is 41.0 Å². The monoisotopic (exact) mass is 323 g/mol. The second kappa shape index (κ2) is 5.35. The first-order valence-electron chi connectivity index (χ1n) is 4.62. The van der Waals surface area contributed by atoms with Gasteiger partial charge in [0.25, 0.3) is 6.10 Å². The van der Waals surface area contributed by atoms with Gasteiger partial charge in [-0.15, -0.1) is 0 Å². The van der Waals surface area contributed by atoms with E-state index in [0.29, 0.717) is 12.3 Å². The van der Waals surface area contributed by atoms with Crippen LogP contribution < -0.4 is 4.74 Å². The average molecular weight is 324 g/mol. The third-order valence-electron chi connectivity index (χ3n) is 1.89. The van der Waals surface area contributed by atoms with Crippen molar-refractivity contribution in [3.8, 4) is 5.88 Å². The van der Waals surface area contributed by atoms with E-state index in [-0.39, 0.29) is 0 Å². The molecule has 0 aliphatic rings. The largest absolute Gasteiger partial charge is 0.478 e. The maximum absolute atomic E-state index is 12.2. The van der Waals surface area contributed by atoms with Crippen molar-refractivity contribution in [2.45, 2.75) is 18.5 Å². The summed E-state index contributed by atoms with van der Waals surface area (Å²) in [7, 11) is 0. The van der Waals surface area contributed by atoms with Crippen LogP contribution in [0.3, 0.4) is 0 Å². The number of aromatic carboxylic acids is 1. The van der Waals surface area contributed by atoms with Crippen molar-refractivity contribution in [3.05, 3.63) is 22.8 Å². The minimum absolute atomic E-state index is 0.370. The maximum atomic E-state index is 12.2. The molecule has 0 spiro atoms. The Morgan fingerprint density at radius 1 is 1.25 bits per heavy atom. The molecule has 20 heavy (non-hydrogen) atoms. The van der Waals surface area contributed by atoms with E-state index >= 15 is 0 Å². The Hall–Kier alpha value is -1.71. The van der Waals surface area contributed by atoms with Gasteiger partial charge < -0.3 is 9.84 Å². The normalized spacial score (nSPS) is 12.6. The summed E-state index contributed by atoms with van der Waals surface area (Å²) >= 11 is 5.36. The number of aromatic nitrogens is 1. The van der Waals surface area contributed by atoms with Gasteiger partial charge in [0.15, 0.2) is 0 Å². The van der Waals surface area contributed by atoms with Crippen molar-refractivity contribution in [3.63, 3.8) is 0 Å². The average Bonchev–Trinajstić information content (AvgIpc) is 2.24. The zero-order valence-electron chi connectivity index (χ0n) is 9.09. The highest BCUT2D eigenvalue weighted by Crippen LogP contribution is 2.36. The van der Waals surface area contributed by atoms with Crippen LogP contribution in [0.5, 0.6) is 5.88 Å². The summed E-state index contributed by atoms with van der Waals surface area (Å²) in [4.78, 5) is 13.7. The van der Waals surface area contributed by atoms with E-state index in [9.17, 15) is 31.1 Å². The molecule has 0 saturated heterocycles. The maximum Gasteiger partial charge on any atom is 0.434 e. The van der Waals surface area contributed by atoms with E-state index in [2.05, 4.69) is 9.72 Å². The lowest BCUT2D eigenvalue weighted by molar-refractivity contribution is -0.300. The molecule has 0 saturated carbocycles. The molecule has 1 aromatic heterocycles. The van der Waals surface area contributed by atoms with Crippen LogP contribution in [0.15, 0.2) is 12.3 Å². The number of ether oxygens (including phenoxy) is 1. The number of carboxylic acids is 1. The number of alkyl halides is 6. The van der Waals surface area contributed by atoms with Gasteiger partial charge in [0.1, 0.15) is 0 Å². The Balaban J connectivity index is 3.13. The van der Waals surface area contributed by atoms with Crippen LogP contribution in [0, 0.1) is 0 Å². The number of carbonyl (C=O) groups is 1. The Kier molecular flexibility index (Phi) is 4.37. The Morgan fingerprint density at radius 3 is 2.15 bits per heavy atom. The molecular weight excluding hydrogens is 320 g/mol. The standard InChI is InChI=1S/C9H4ClF6NO3/c10-4-2-17-5(1-3(4)6(18)19)20-7(8(11,12)13)9(14,15)16/h1-2,7H,(H,18,19).